The first kappa shape index (κ1) is 14.6. The van der Waals surface area contributed by atoms with Crippen molar-refractivity contribution >= 4 is 47.1 Å². The van der Waals surface area contributed by atoms with Gasteiger partial charge < -0.3 is 0 Å². The average molecular weight is 336 g/mol. The largest absolute Gasteiger partial charge is 0.296 e. The molecule has 0 saturated heterocycles. The molecule has 0 fully saturated rings. The van der Waals surface area contributed by atoms with Gasteiger partial charge in [0.15, 0.2) is 16.9 Å². The maximum absolute atomic E-state index is 12.4. The number of rotatable bonds is 3. The topological polar surface area (TPSA) is 80.2 Å². The zero-order valence-corrected chi connectivity index (χ0v) is 12.4. The summed E-state index contributed by atoms with van der Waals surface area (Å²) in [6.45, 7) is 0. The molecule has 6 nitrogen and oxygen atoms in total. The Bertz CT molecular complexity index is 773. The molecular weight excluding hydrogens is 329 g/mol. The molecule has 0 unspecified atom stereocenters. The fourth-order valence-corrected chi connectivity index (χ4v) is 2.36. The van der Waals surface area contributed by atoms with E-state index in [1.165, 1.54) is 18.3 Å². The van der Waals surface area contributed by atoms with Gasteiger partial charge >= 0.3 is 0 Å². The molecule has 0 atom stereocenters. The number of fused-ring (bicyclic) bond motifs is 1. The molecule has 1 aliphatic heterocycles. The third kappa shape index (κ3) is 2.17. The molecule has 2 aromatic rings. The number of hydrogen-bond donors (Lipinski definition) is 0. The maximum Gasteiger partial charge on any atom is 0.267 e. The van der Waals surface area contributed by atoms with Crippen molar-refractivity contribution in [2.24, 2.45) is 0 Å². The quantitative estimate of drug-likeness (QED) is 0.489. The van der Waals surface area contributed by atoms with Crippen molar-refractivity contribution in [3.63, 3.8) is 0 Å². The Morgan fingerprint density at radius 1 is 1.09 bits per heavy atom. The molecule has 110 valence electrons. The molecule has 22 heavy (non-hydrogen) atoms. The number of aldehydes is 1. The molecule has 0 radical (unpaired) electrons. The lowest BCUT2D eigenvalue weighted by molar-refractivity contribution is 0.0925. The van der Waals surface area contributed by atoms with Gasteiger partial charge in [0.1, 0.15) is 5.69 Å². The summed E-state index contributed by atoms with van der Waals surface area (Å²) in [5, 5.41) is 0. The summed E-state index contributed by atoms with van der Waals surface area (Å²) >= 11 is 11.3. The van der Waals surface area contributed by atoms with Crippen LogP contribution in [0.3, 0.4) is 0 Å². The van der Waals surface area contributed by atoms with Crippen LogP contribution in [-0.2, 0) is 0 Å². The van der Waals surface area contributed by atoms with Crippen LogP contribution < -0.4 is 4.90 Å². The van der Waals surface area contributed by atoms with Crippen LogP contribution in [0.4, 0.5) is 5.82 Å². The molecule has 2 amide bonds. The van der Waals surface area contributed by atoms with E-state index >= 15 is 0 Å². The Morgan fingerprint density at radius 3 is 2.18 bits per heavy atom. The Labute approximate surface area is 134 Å². The average Bonchev–Trinajstić information content (AvgIpc) is 2.78. The number of imide groups is 1. The number of carbonyl (C=O) groups excluding carboxylic acids is 3. The van der Waals surface area contributed by atoms with Gasteiger partial charge in [-0.15, -0.1) is 0 Å². The molecule has 0 spiro atoms. The Hall–Kier alpha value is -2.31. The first-order valence-corrected chi connectivity index (χ1v) is 7.00. The van der Waals surface area contributed by atoms with Crippen LogP contribution in [0.2, 0.25) is 0 Å². The minimum atomic E-state index is -0.970. The van der Waals surface area contributed by atoms with Crippen molar-refractivity contribution in [2.75, 3.05) is 4.90 Å². The molecular formula is C14H7Cl2N3O3. The van der Waals surface area contributed by atoms with E-state index in [0.29, 0.717) is 6.29 Å². The van der Waals surface area contributed by atoms with Crippen molar-refractivity contribution in [1.82, 2.24) is 9.97 Å². The lowest BCUT2D eigenvalue weighted by Gasteiger charge is -2.14. The maximum atomic E-state index is 12.4. The zero-order chi connectivity index (χ0) is 15.9. The summed E-state index contributed by atoms with van der Waals surface area (Å²) in [6, 6.07) is 6.36. The van der Waals surface area contributed by atoms with E-state index in [4.69, 9.17) is 23.2 Å². The van der Waals surface area contributed by atoms with Crippen LogP contribution in [0.25, 0.3) is 0 Å². The number of amides is 2. The number of alkyl halides is 2. The van der Waals surface area contributed by atoms with E-state index in [2.05, 4.69) is 9.97 Å². The Morgan fingerprint density at radius 2 is 1.68 bits per heavy atom. The van der Waals surface area contributed by atoms with E-state index in [1.807, 2.05) is 0 Å². The van der Waals surface area contributed by atoms with Crippen molar-refractivity contribution < 1.29 is 14.4 Å². The molecule has 0 saturated carbocycles. The molecule has 0 N–H and O–H groups in total. The van der Waals surface area contributed by atoms with Crippen LogP contribution in [-0.4, -0.2) is 28.1 Å². The van der Waals surface area contributed by atoms with Crippen LogP contribution >= 0.6 is 23.2 Å². The summed E-state index contributed by atoms with van der Waals surface area (Å²) in [7, 11) is 0. The van der Waals surface area contributed by atoms with Gasteiger partial charge in [0.05, 0.1) is 23.0 Å². The van der Waals surface area contributed by atoms with E-state index in [9.17, 15) is 14.4 Å². The van der Waals surface area contributed by atoms with Gasteiger partial charge in [0.2, 0.25) is 0 Å². The molecule has 8 heteroatoms. The first-order chi connectivity index (χ1) is 10.5. The fraction of sp³-hybridized carbons (Fsp3) is 0.0714. The van der Waals surface area contributed by atoms with Crippen LogP contribution in [0.5, 0.6) is 0 Å². The van der Waals surface area contributed by atoms with Crippen LogP contribution in [0, 0.1) is 0 Å². The van der Waals surface area contributed by atoms with E-state index in [-0.39, 0.29) is 28.3 Å². The minimum absolute atomic E-state index is 0.140. The SMILES string of the molecule is O=Cc1nc(C(Cl)Cl)cnc1N1C(=O)c2ccccc2C1=O. The molecule has 2 heterocycles. The number of anilines is 1. The van der Waals surface area contributed by atoms with E-state index in [1.54, 1.807) is 12.1 Å². The lowest BCUT2D eigenvalue weighted by atomic mass is 10.1. The molecule has 1 aromatic heterocycles. The summed E-state index contributed by atoms with van der Waals surface area (Å²) < 4.78 is 0. The van der Waals surface area contributed by atoms with Crippen LogP contribution in [0.1, 0.15) is 41.7 Å². The second-order valence-electron chi connectivity index (χ2n) is 4.41. The standard InChI is InChI=1S/C14H7Cl2N3O3/c15-11(16)9-5-17-12(10(6-20)18-9)19-13(21)7-3-1-2-4-8(7)14(19)22/h1-6,11H. The highest BCUT2D eigenvalue weighted by molar-refractivity contribution is 6.43. The molecule has 1 aliphatic rings. The van der Waals surface area contributed by atoms with Gasteiger partial charge in [-0.05, 0) is 12.1 Å². The normalized spacial score (nSPS) is 13.7. The lowest BCUT2D eigenvalue weighted by Crippen LogP contribution is -2.31. The van der Waals surface area contributed by atoms with Crippen LogP contribution in [0.15, 0.2) is 30.5 Å². The third-order valence-electron chi connectivity index (χ3n) is 3.14. The highest BCUT2D eigenvalue weighted by Crippen LogP contribution is 2.30. The summed E-state index contributed by atoms with van der Waals surface area (Å²) in [5.74, 6) is -1.25. The van der Waals surface area contributed by atoms with Gasteiger partial charge in [0.25, 0.3) is 11.8 Å². The zero-order valence-electron chi connectivity index (χ0n) is 10.9. The van der Waals surface area contributed by atoms with Gasteiger partial charge in [-0.3, -0.25) is 14.4 Å². The summed E-state index contributed by atoms with van der Waals surface area (Å²) in [6.07, 6.45) is 1.61. The second kappa shape index (κ2) is 5.47. The molecule has 0 aliphatic carbocycles. The molecule has 0 bridgehead atoms. The first-order valence-electron chi connectivity index (χ1n) is 6.12. The van der Waals surface area contributed by atoms with Gasteiger partial charge in [-0.1, -0.05) is 35.3 Å². The smallest absolute Gasteiger partial charge is 0.267 e. The van der Waals surface area contributed by atoms with E-state index < -0.39 is 16.7 Å². The Balaban J connectivity index is 2.12. The molecule has 1 aromatic carbocycles. The van der Waals surface area contributed by atoms with Gasteiger partial charge in [-0.2, -0.15) is 0 Å². The Kier molecular flexibility index (Phi) is 3.64. The number of aromatic nitrogens is 2. The van der Waals surface area contributed by atoms with Crippen molar-refractivity contribution in [3.8, 4) is 0 Å². The third-order valence-corrected chi connectivity index (χ3v) is 3.59. The number of nitrogens with zero attached hydrogens (tertiary/aromatic N) is 3. The summed E-state index contributed by atoms with van der Waals surface area (Å²) in [5.41, 5.74) is 0.481. The number of hydrogen-bond acceptors (Lipinski definition) is 5. The summed E-state index contributed by atoms with van der Waals surface area (Å²) in [4.78, 5) is 43.7. The van der Waals surface area contributed by atoms with E-state index in [0.717, 1.165) is 4.90 Å². The molecule has 3 rings (SSSR count). The monoisotopic (exact) mass is 335 g/mol. The predicted octanol–water partition coefficient (Wildman–Crippen LogP) is 2.57. The predicted molar refractivity (Wildman–Crippen MR) is 79.4 cm³/mol. The highest BCUT2D eigenvalue weighted by Gasteiger charge is 2.38. The second-order valence-corrected chi connectivity index (χ2v) is 5.51. The van der Waals surface area contributed by atoms with Gasteiger partial charge in [-0.25, -0.2) is 14.9 Å². The van der Waals surface area contributed by atoms with Gasteiger partial charge in [0, 0.05) is 0 Å². The number of halogens is 2. The fourth-order valence-electron chi connectivity index (χ4n) is 2.15. The van der Waals surface area contributed by atoms with Crippen molar-refractivity contribution in [3.05, 3.63) is 53.0 Å². The number of benzene rings is 1. The number of carbonyl (C=O) groups is 3. The van der Waals surface area contributed by atoms with Crippen molar-refractivity contribution in [1.29, 1.82) is 0 Å². The minimum Gasteiger partial charge on any atom is -0.296 e. The highest BCUT2D eigenvalue weighted by atomic mass is 35.5. The van der Waals surface area contributed by atoms with Crippen molar-refractivity contribution in [2.45, 2.75) is 4.84 Å².